The second-order valence-electron chi connectivity index (χ2n) is 6.24. The van der Waals surface area contributed by atoms with Crippen molar-refractivity contribution in [3.05, 3.63) is 18.2 Å². The van der Waals surface area contributed by atoms with E-state index in [-0.39, 0.29) is 23.4 Å². The van der Waals surface area contributed by atoms with Crippen molar-refractivity contribution >= 4 is 17.8 Å². The second-order valence-corrected chi connectivity index (χ2v) is 6.24. The van der Waals surface area contributed by atoms with Crippen molar-refractivity contribution in [3.8, 4) is 0 Å². The molecule has 0 bridgehead atoms. The van der Waals surface area contributed by atoms with E-state index in [9.17, 15) is 22.8 Å². The number of esters is 1. The third-order valence-corrected chi connectivity index (χ3v) is 4.36. The second kappa shape index (κ2) is 8.37. The Bertz CT molecular complexity index is 671. The van der Waals surface area contributed by atoms with Crippen LogP contribution < -0.4 is 10.6 Å². The van der Waals surface area contributed by atoms with E-state index in [2.05, 4.69) is 20.6 Å². The number of carboxylic acids is 1. The summed E-state index contributed by atoms with van der Waals surface area (Å²) in [5.41, 5.74) is 0.0696. The standard InChI is InChI=1S/C13H18N4O3.C2HF3O2/c18-11(10-7-15-8-17-10)16-6-9-5-13(12(19)20-9)1-3-14-4-2-13;3-2(4,5)1(6)7/h7-9,14H,1-6H2,(H,15,17)(H,16,18);(H,6,7). The van der Waals surface area contributed by atoms with Gasteiger partial charge in [0.05, 0.1) is 24.5 Å². The van der Waals surface area contributed by atoms with E-state index >= 15 is 0 Å². The van der Waals surface area contributed by atoms with Crippen molar-refractivity contribution in [3.63, 3.8) is 0 Å². The van der Waals surface area contributed by atoms with Gasteiger partial charge in [-0.15, -0.1) is 0 Å². The number of amides is 1. The van der Waals surface area contributed by atoms with E-state index in [0.717, 1.165) is 25.9 Å². The SMILES string of the molecule is O=C(NCC1CC2(CCNCC2)C(=O)O1)c1cnc[nH]1.O=C(O)C(F)(F)F. The zero-order valence-electron chi connectivity index (χ0n) is 14.1. The van der Waals surface area contributed by atoms with Gasteiger partial charge in [0.1, 0.15) is 11.8 Å². The van der Waals surface area contributed by atoms with Crippen LogP contribution in [0.3, 0.4) is 0 Å². The van der Waals surface area contributed by atoms with Gasteiger partial charge < -0.3 is 25.5 Å². The smallest absolute Gasteiger partial charge is 0.475 e. The molecule has 2 aliphatic heterocycles. The zero-order valence-corrected chi connectivity index (χ0v) is 14.1. The van der Waals surface area contributed by atoms with Crippen LogP contribution in [-0.2, 0) is 14.3 Å². The van der Waals surface area contributed by atoms with Crippen molar-refractivity contribution in [1.29, 1.82) is 0 Å². The Hall–Kier alpha value is -2.63. The number of imidazole rings is 1. The molecule has 1 aromatic rings. The zero-order chi connectivity index (χ0) is 20.1. The Morgan fingerprint density at radius 2 is 2.00 bits per heavy atom. The van der Waals surface area contributed by atoms with Crippen molar-refractivity contribution in [2.75, 3.05) is 19.6 Å². The van der Waals surface area contributed by atoms with Gasteiger partial charge in [-0.3, -0.25) is 9.59 Å². The van der Waals surface area contributed by atoms with Crippen LogP contribution in [0, 0.1) is 5.41 Å². The molecule has 9 nitrogen and oxygen atoms in total. The fourth-order valence-electron chi connectivity index (χ4n) is 2.95. The summed E-state index contributed by atoms with van der Waals surface area (Å²) >= 11 is 0. The van der Waals surface area contributed by atoms with Gasteiger partial charge in [-0.1, -0.05) is 0 Å². The highest BCUT2D eigenvalue weighted by Gasteiger charge is 2.49. The van der Waals surface area contributed by atoms with Crippen LogP contribution in [0.5, 0.6) is 0 Å². The molecule has 2 aliphatic rings. The maximum atomic E-state index is 12.1. The van der Waals surface area contributed by atoms with Gasteiger partial charge in [0.2, 0.25) is 0 Å². The van der Waals surface area contributed by atoms with Crippen molar-refractivity contribution in [2.24, 2.45) is 5.41 Å². The molecule has 0 saturated carbocycles. The van der Waals surface area contributed by atoms with E-state index in [4.69, 9.17) is 14.6 Å². The van der Waals surface area contributed by atoms with Gasteiger partial charge in [0, 0.05) is 6.42 Å². The van der Waals surface area contributed by atoms with Crippen molar-refractivity contribution in [1.82, 2.24) is 20.6 Å². The largest absolute Gasteiger partial charge is 0.490 e. The number of H-pyrrole nitrogens is 1. The minimum absolute atomic E-state index is 0.111. The Kier molecular flexibility index (Phi) is 6.41. The van der Waals surface area contributed by atoms with Crippen LogP contribution in [0.15, 0.2) is 12.5 Å². The number of rotatable bonds is 3. The van der Waals surface area contributed by atoms with Crippen LogP contribution >= 0.6 is 0 Å². The predicted molar refractivity (Wildman–Crippen MR) is 83.6 cm³/mol. The molecule has 150 valence electrons. The molecule has 4 N–H and O–H groups in total. The number of piperidine rings is 1. The number of cyclic esters (lactones) is 1. The molecule has 12 heteroatoms. The number of alkyl halides is 3. The van der Waals surface area contributed by atoms with Crippen molar-refractivity contribution < 1.29 is 37.4 Å². The molecule has 1 amide bonds. The number of ether oxygens (including phenoxy) is 1. The van der Waals surface area contributed by atoms with Gasteiger partial charge >= 0.3 is 18.1 Å². The third kappa shape index (κ3) is 5.42. The molecule has 1 aromatic heterocycles. The Morgan fingerprint density at radius 3 is 2.52 bits per heavy atom. The lowest BCUT2D eigenvalue weighted by Crippen LogP contribution is -2.39. The topological polar surface area (TPSA) is 133 Å². The molecule has 1 atom stereocenters. The summed E-state index contributed by atoms with van der Waals surface area (Å²) < 4.78 is 37.2. The third-order valence-electron chi connectivity index (χ3n) is 4.36. The van der Waals surface area contributed by atoms with Crippen LogP contribution in [0.2, 0.25) is 0 Å². The normalized spacial score (nSPS) is 21.1. The lowest BCUT2D eigenvalue weighted by molar-refractivity contribution is -0.192. The number of hydrogen-bond donors (Lipinski definition) is 4. The Morgan fingerprint density at radius 1 is 1.37 bits per heavy atom. The number of carbonyl (C=O) groups is 3. The van der Waals surface area contributed by atoms with Gasteiger partial charge in [-0.2, -0.15) is 13.2 Å². The monoisotopic (exact) mass is 392 g/mol. The number of halogens is 3. The van der Waals surface area contributed by atoms with E-state index in [1.807, 2.05) is 0 Å². The van der Waals surface area contributed by atoms with Crippen LogP contribution in [0.1, 0.15) is 29.8 Å². The molecule has 0 aromatic carbocycles. The number of aromatic nitrogens is 2. The van der Waals surface area contributed by atoms with Crippen LogP contribution in [0.4, 0.5) is 13.2 Å². The summed E-state index contributed by atoms with van der Waals surface area (Å²) in [4.78, 5) is 39.3. The van der Waals surface area contributed by atoms with Gasteiger partial charge in [0.25, 0.3) is 5.91 Å². The van der Waals surface area contributed by atoms with Gasteiger partial charge in [-0.25, -0.2) is 9.78 Å². The van der Waals surface area contributed by atoms with Crippen LogP contribution in [-0.4, -0.2) is 64.8 Å². The highest BCUT2D eigenvalue weighted by molar-refractivity contribution is 5.92. The molecule has 2 fully saturated rings. The number of carboxylic acid groups (broad SMARTS) is 1. The van der Waals surface area contributed by atoms with Crippen molar-refractivity contribution in [2.45, 2.75) is 31.5 Å². The molecule has 0 radical (unpaired) electrons. The average Bonchev–Trinajstić information content (AvgIpc) is 3.23. The number of carbonyl (C=O) groups excluding carboxylic acids is 2. The minimum atomic E-state index is -5.08. The summed E-state index contributed by atoms with van der Waals surface area (Å²) in [6, 6.07) is 0. The summed E-state index contributed by atoms with van der Waals surface area (Å²) in [7, 11) is 0. The first-order valence-corrected chi connectivity index (χ1v) is 8.12. The summed E-state index contributed by atoms with van der Waals surface area (Å²) in [5.74, 6) is -3.10. The number of aliphatic carboxylic acids is 1. The maximum Gasteiger partial charge on any atom is 0.490 e. The van der Waals surface area contributed by atoms with E-state index in [1.54, 1.807) is 0 Å². The quantitative estimate of drug-likeness (QED) is 0.549. The van der Waals surface area contributed by atoms with Gasteiger partial charge in [-0.05, 0) is 25.9 Å². The number of nitrogens with one attached hydrogen (secondary N) is 3. The molecule has 3 heterocycles. The molecule has 1 unspecified atom stereocenters. The lowest BCUT2D eigenvalue weighted by atomic mass is 9.76. The first kappa shape index (κ1) is 20.7. The molecule has 0 aliphatic carbocycles. The maximum absolute atomic E-state index is 12.1. The Labute approximate surface area is 151 Å². The van der Waals surface area contributed by atoms with E-state index in [0.29, 0.717) is 18.7 Å². The summed E-state index contributed by atoms with van der Waals surface area (Å²) in [5, 5.41) is 13.1. The molecule has 1 spiro atoms. The number of aromatic amines is 1. The molecule has 3 rings (SSSR count). The molecular weight excluding hydrogens is 373 g/mol. The van der Waals surface area contributed by atoms with Crippen LogP contribution in [0.25, 0.3) is 0 Å². The predicted octanol–water partition coefficient (Wildman–Crippen LogP) is 0.458. The number of hydrogen-bond acceptors (Lipinski definition) is 6. The molecular formula is C15H19F3N4O5. The minimum Gasteiger partial charge on any atom is -0.475 e. The lowest BCUT2D eigenvalue weighted by Gasteiger charge is -2.29. The fourth-order valence-corrected chi connectivity index (χ4v) is 2.95. The average molecular weight is 392 g/mol. The number of nitrogens with zero attached hydrogens (tertiary/aromatic N) is 1. The Balaban J connectivity index is 0.000000321. The highest BCUT2D eigenvalue weighted by Crippen LogP contribution is 2.41. The van der Waals surface area contributed by atoms with E-state index < -0.39 is 12.1 Å². The van der Waals surface area contributed by atoms with Gasteiger partial charge in [0.15, 0.2) is 0 Å². The summed E-state index contributed by atoms with van der Waals surface area (Å²) in [6.45, 7) is 2.05. The highest BCUT2D eigenvalue weighted by atomic mass is 19.4. The first-order chi connectivity index (χ1) is 12.6. The first-order valence-electron chi connectivity index (χ1n) is 8.12. The fraction of sp³-hybridized carbons (Fsp3) is 0.600. The summed E-state index contributed by atoms with van der Waals surface area (Å²) in [6.07, 6.45) is -0.0732. The molecule has 27 heavy (non-hydrogen) atoms. The molecule has 2 saturated heterocycles. The van der Waals surface area contributed by atoms with E-state index in [1.165, 1.54) is 12.5 Å².